The molecule has 0 saturated heterocycles. The fourth-order valence-electron chi connectivity index (χ4n) is 3.03. The van der Waals surface area contributed by atoms with Crippen LogP contribution in [0.5, 0.6) is 11.5 Å². The Bertz CT molecular complexity index is 893. The average Bonchev–Trinajstić information content (AvgIpc) is 2.80. The predicted octanol–water partition coefficient (Wildman–Crippen LogP) is 1.93. The zero-order valence-electron chi connectivity index (χ0n) is 18.9. The van der Waals surface area contributed by atoms with E-state index in [0.29, 0.717) is 30.0 Å². The van der Waals surface area contributed by atoms with Gasteiger partial charge in [0.05, 0.1) is 20.8 Å². The molecule has 0 fully saturated rings. The lowest BCUT2D eigenvalue weighted by Gasteiger charge is -2.22. The molecule has 0 aliphatic carbocycles. The molecule has 3 amide bonds. The van der Waals surface area contributed by atoms with Gasteiger partial charge in [0.2, 0.25) is 11.8 Å². The molecule has 0 spiro atoms. The van der Waals surface area contributed by atoms with Crippen LogP contribution in [0.3, 0.4) is 0 Å². The van der Waals surface area contributed by atoms with Crippen molar-refractivity contribution >= 4 is 17.7 Å². The first-order valence-corrected chi connectivity index (χ1v) is 10.5. The highest BCUT2D eigenvalue weighted by Crippen LogP contribution is 2.22. The van der Waals surface area contributed by atoms with Crippen LogP contribution in [0.1, 0.15) is 29.8 Å². The van der Waals surface area contributed by atoms with Gasteiger partial charge in [0.15, 0.2) is 0 Å². The molecule has 0 saturated carbocycles. The molecule has 32 heavy (non-hydrogen) atoms. The Hall–Kier alpha value is -3.55. The lowest BCUT2D eigenvalue weighted by Crippen LogP contribution is -2.51. The minimum atomic E-state index is -0.809. The fraction of sp³-hybridized carbons (Fsp3) is 0.375. The SMILES string of the molecule is COc1cc(OC)cc(C(=O)NC(C(=O)NCC(=O)NCCc2ccccc2)C(C)C)c1. The standard InChI is InChI=1S/C24H31N3O5/c1-16(2)22(27-23(29)18-12-19(31-3)14-20(13-18)32-4)24(30)26-15-21(28)25-11-10-17-8-6-5-7-9-17/h5-9,12-14,16,22H,10-11,15H2,1-4H3,(H,25,28)(H,26,30)(H,27,29). The molecule has 0 bridgehead atoms. The second-order valence-electron chi connectivity index (χ2n) is 7.60. The largest absolute Gasteiger partial charge is 0.497 e. The van der Waals surface area contributed by atoms with Crippen molar-refractivity contribution in [1.82, 2.24) is 16.0 Å². The summed E-state index contributed by atoms with van der Waals surface area (Å²) in [5.41, 5.74) is 1.42. The van der Waals surface area contributed by atoms with Crippen LogP contribution in [0, 0.1) is 5.92 Å². The van der Waals surface area contributed by atoms with E-state index < -0.39 is 17.9 Å². The summed E-state index contributed by atoms with van der Waals surface area (Å²) in [7, 11) is 2.98. The molecular formula is C24H31N3O5. The first kappa shape index (κ1) is 24.7. The van der Waals surface area contributed by atoms with E-state index in [4.69, 9.17) is 9.47 Å². The summed E-state index contributed by atoms with van der Waals surface area (Å²) >= 11 is 0. The molecule has 0 radical (unpaired) electrons. The molecule has 0 aromatic heterocycles. The number of benzene rings is 2. The molecular weight excluding hydrogens is 410 g/mol. The Kier molecular flexibility index (Phi) is 9.53. The van der Waals surface area contributed by atoms with Crippen molar-refractivity contribution in [3.8, 4) is 11.5 Å². The Morgan fingerprint density at radius 2 is 1.53 bits per heavy atom. The minimum Gasteiger partial charge on any atom is -0.497 e. The van der Waals surface area contributed by atoms with E-state index in [1.54, 1.807) is 18.2 Å². The number of carbonyl (C=O) groups excluding carboxylic acids is 3. The number of methoxy groups -OCH3 is 2. The lowest BCUT2D eigenvalue weighted by molar-refractivity contribution is -0.127. The normalized spacial score (nSPS) is 11.4. The summed E-state index contributed by atoms with van der Waals surface area (Å²) in [6.45, 7) is 3.94. The van der Waals surface area contributed by atoms with Crippen molar-refractivity contribution in [1.29, 1.82) is 0 Å². The van der Waals surface area contributed by atoms with Gasteiger partial charge in [-0.2, -0.15) is 0 Å². The number of rotatable bonds is 11. The number of hydrogen-bond donors (Lipinski definition) is 3. The molecule has 0 heterocycles. The van der Waals surface area contributed by atoms with Crippen molar-refractivity contribution in [3.05, 3.63) is 59.7 Å². The highest BCUT2D eigenvalue weighted by atomic mass is 16.5. The van der Waals surface area contributed by atoms with Gasteiger partial charge in [-0.1, -0.05) is 44.2 Å². The van der Waals surface area contributed by atoms with Crippen molar-refractivity contribution in [2.45, 2.75) is 26.3 Å². The van der Waals surface area contributed by atoms with Gasteiger partial charge in [-0.15, -0.1) is 0 Å². The summed E-state index contributed by atoms with van der Waals surface area (Å²) < 4.78 is 10.4. The summed E-state index contributed by atoms with van der Waals surface area (Å²) in [4.78, 5) is 37.4. The van der Waals surface area contributed by atoms with Gasteiger partial charge in [0.1, 0.15) is 17.5 Å². The highest BCUT2D eigenvalue weighted by Gasteiger charge is 2.25. The third kappa shape index (κ3) is 7.61. The van der Waals surface area contributed by atoms with Gasteiger partial charge in [-0.3, -0.25) is 14.4 Å². The number of hydrogen-bond acceptors (Lipinski definition) is 5. The molecule has 1 unspecified atom stereocenters. The van der Waals surface area contributed by atoms with E-state index in [1.165, 1.54) is 14.2 Å². The maximum atomic E-state index is 12.7. The van der Waals surface area contributed by atoms with Crippen LogP contribution in [0.25, 0.3) is 0 Å². The summed E-state index contributed by atoms with van der Waals surface area (Å²) in [6.07, 6.45) is 0.704. The summed E-state index contributed by atoms with van der Waals surface area (Å²) in [5, 5.41) is 8.11. The van der Waals surface area contributed by atoms with Gasteiger partial charge in [-0.25, -0.2) is 0 Å². The topological polar surface area (TPSA) is 106 Å². The molecule has 0 aliphatic heterocycles. The minimum absolute atomic E-state index is 0.167. The van der Waals surface area contributed by atoms with Crippen molar-refractivity contribution < 1.29 is 23.9 Å². The molecule has 8 nitrogen and oxygen atoms in total. The van der Waals surface area contributed by atoms with Gasteiger partial charge >= 0.3 is 0 Å². The van der Waals surface area contributed by atoms with Crippen LogP contribution < -0.4 is 25.4 Å². The van der Waals surface area contributed by atoms with E-state index in [-0.39, 0.29) is 18.4 Å². The number of carbonyl (C=O) groups is 3. The van der Waals surface area contributed by atoms with Gasteiger partial charge in [0.25, 0.3) is 5.91 Å². The third-order valence-electron chi connectivity index (χ3n) is 4.85. The van der Waals surface area contributed by atoms with E-state index in [2.05, 4.69) is 16.0 Å². The van der Waals surface area contributed by atoms with E-state index >= 15 is 0 Å². The Labute approximate surface area is 188 Å². The monoisotopic (exact) mass is 441 g/mol. The van der Waals surface area contributed by atoms with Crippen LogP contribution >= 0.6 is 0 Å². The van der Waals surface area contributed by atoms with Gasteiger partial charge in [0, 0.05) is 18.2 Å². The third-order valence-corrected chi connectivity index (χ3v) is 4.85. The fourth-order valence-corrected chi connectivity index (χ4v) is 3.03. The van der Waals surface area contributed by atoms with Crippen molar-refractivity contribution in [3.63, 3.8) is 0 Å². The number of nitrogens with one attached hydrogen (secondary N) is 3. The number of ether oxygens (including phenoxy) is 2. The van der Waals surface area contributed by atoms with Crippen LogP contribution in [0.4, 0.5) is 0 Å². The molecule has 172 valence electrons. The number of amides is 3. The molecule has 2 aromatic rings. The van der Waals surface area contributed by atoms with Gasteiger partial charge in [-0.05, 0) is 30.0 Å². The smallest absolute Gasteiger partial charge is 0.252 e. The van der Waals surface area contributed by atoms with Crippen LogP contribution in [0.2, 0.25) is 0 Å². The second kappa shape index (κ2) is 12.3. The van der Waals surface area contributed by atoms with E-state index in [9.17, 15) is 14.4 Å². The zero-order valence-corrected chi connectivity index (χ0v) is 18.9. The molecule has 2 rings (SSSR count). The predicted molar refractivity (Wildman–Crippen MR) is 122 cm³/mol. The molecule has 0 aliphatic rings. The maximum Gasteiger partial charge on any atom is 0.252 e. The first-order chi connectivity index (χ1) is 15.3. The first-order valence-electron chi connectivity index (χ1n) is 10.5. The van der Waals surface area contributed by atoms with E-state index in [1.807, 2.05) is 44.2 Å². The quantitative estimate of drug-likeness (QED) is 0.494. The molecule has 3 N–H and O–H groups in total. The van der Waals surface area contributed by atoms with Crippen LogP contribution in [-0.4, -0.2) is 51.1 Å². The molecule has 2 aromatic carbocycles. The van der Waals surface area contributed by atoms with E-state index in [0.717, 1.165) is 5.56 Å². The summed E-state index contributed by atoms with van der Waals surface area (Å²) in [6, 6.07) is 13.8. The zero-order chi connectivity index (χ0) is 23.5. The lowest BCUT2D eigenvalue weighted by atomic mass is 10.0. The summed E-state index contributed by atoms with van der Waals surface area (Å²) in [5.74, 6) is -0.419. The highest BCUT2D eigenvalue weighted by molar-refractivity contribution is 5.98. The van der Waals surface area contributed by atoms with Crippen molar-refractivity contribution in [2.75, 3.05) is 27.3 Å². The second-order valence-corrected chi connectivity index (χ2v) is 7.60. The maximum absolute atomic E-state index is 12.7. The van der Waals surface area contributed by atoms with Crippen LogP contribution in [0.15, 0.2) is 48.5 Å². The average molecular weight is 442 g/mol. The van der Waals surface area contributed by atoms with Crippen LogP contribution in [-0.2, 0) is 16.0 Å². The van der Waals surface area contributed by atoms with Crippen molar-refractivity contribution in [2.24, 2.45) is 5.92 Å². The Balaban J connectivity index is 1.89. The Morgan fingerprint density at radius 3 is 2.09 bits per heavy atom. The molecule has 1 atom stereocenters. The Morgan fingerprint density at radius 1 is 0.906 bits per heavy atom. The molecule has 8 heteroatoms. The van der Waals surface area contributed by atoms with Gasteiger partial charge < -0.3 is 25.4 Å².